The van der Waals surface area contributed by atoms with E-state index in [9.17, 15) is 19.5 Å². The third-order valence-corrected chi connectivity index (χ3v) is 14.5. The summed E-state index contributed by atoms with van der Waals surface area (Å²) in [5, 5.41) is 9.86. The van der Waals surface area contributed by atoms with E-state index in [0.29, 0.717) is 58.2 Å². The molecule has 0 radical (unpaired) electrons. The van der Waals surface area contributed by atoms with Crippen LogP contribution in [0.25, 0.3) is 0 Å². The Morgan fingerprint density at radius 1 is 0.419 bits per heavy atom. The van der Waals surface area contributed by atoms with E-state index in [1.54, 1.807) is 55.1 Å². The summed E-state index contributed by atoms with van der Waals surface area (Å²) < 4.78 is 29.6. The van der Waals surface area contributed by atoms with Gasteiger partial charge in [0, 0.05) is 84.0 Å². The maximum Gasteiger partial charge on any atom is 0.325 e. The van der Waals surface area contributed by atoms with Crippen LogP contribution >= 0.6 is 47.8 Å². The first-order valence-corrected chi connectivity index (χ1v) is 26.3. The third-order valence-electron chi connectivity index (χ3n) is 12.9. The molecule has 0 bridgehead atoms. The van der Waals surface area contributed by atoms with E-state index in [0.717, 1.165) is 58.7 Å². The van der Waals surface area contributed by atoms with Crippen LogP contribution < -0.4 is 28.9 Å². The highest BCUT2D eigenvalue weighted by atomic mass is 79.9. The molecule has 1 N–H and O–H groups in total. The Bertz CT molecular complexity index is 2670. The quantitative estimate of drug-likeness (QED) is 0.0946. The monoisotopic (exact) mass is 1200 g/mol. The van der Waals surface area contributed by atoms with Crippen LogP contribution in [0.2, 0.25) is 0 Å². The van der Waals surface area contributed by atoms with Crippen molar-refractivity contribution in [3.8, 4) is 17.2 Å². The SMILES string of the molecule is COCC(c1cccc(OC)c1)N1CCN(c2ccc(Br)cc2)C1=O.COCC(c1cccc(OC)c1)N1CCN(c2ccc(Br)cc2)C1=O.COc1cccc(C(CO)N2CCN(c3ccc(Br)cc3)C2=O)c1. The number of rotatable bonds is 17. The third kappa shape index (κ3) is 13.6. The van der Waals surface area contributed by atoms with Gasteiger partial charge in [-0.05, 0) is 126 Å². The second-order valence-corrected chi connectivity index (χ2v) is 20.0. The topological polar surface area (TPSA) is 137 Å². The fourth-order valence-corrected chi connectivity index (χ4v) is 9.88. The van der Waals surface area contributed by atoms with Crippen LogP contribution in [-0.2, 0) is 9.47 Å². The summed E-state index contributed by atoms with van der Waals surface area (Å²) in [4.78, 5) is 49.6. The Balaban J connectivity index is 0.000000162. The van der Waals surface area contributed by atoms with E-state index in [1.165, 1.54) is 0 Å². The van der Waals surface area contributed by atoms with Crippen molar-refractivity contribution in [2.45, 2.75) is 18.1 Å². The number of methoxy groups -OCH3 is 5. The highest BCUT2D eigenvalue weighted by molar-refractivity contribution is 9.11. The smallest absolute Gasteiger partial charge is 0.325 e. The van der Waals surface area contributed by atoms with E-state index in [1.807, 2.05) is 155 Å². The molecule has 15 nitrogen and oxygen atoms in total. The summed E-state index contributed by atoms with van der Waals surface area (Å²) in [6, 6.07) is 45.5. The number of ether oxygens (including phenoxy) is 5. The molecule has 3 saturated heterocycles. The summed E-state index contributed by atoms with van der Waals surface area (Å²) in [7, 11) is 8.19. The number of hydrogen-bond acceptors (Lipinski definition) is 9. The number of nitrogens with zero attached hydrogens (tertiary/aromatic N) is 6. The fourth-order valence-electron chi connectivity index (χ4n) is 9.09. The van der Waals surface area contributed by atoms with Gasteiger partial charge in [-0.25, -0.2) is 14.4 Å². The van der Waals surface area contributed by atoms with Crippen molar-refractivity contribution >= 4 is 82.9 Å². The second-order valence-electron chi connectivity index (χ2n) is 17.3. The number of carbonyl (C=O) groups is 3. The summed E-state index contributed by atoms with van der Waals surface area (Å²) in [6.07, 6.45) is 0. The molecule has 3 heterocycles. The van der Waals surface area contributed by atoms with Crippen LogP contribution in [0.5, 0.6) is 17.2 Å². The predicted octanol–water partition coefficient (Wildman–Crippen LogP) is 11.6. The minimum absolute atomic E-state index is 0.00723. The van der Waals surface area contributed by atoms with Gasteiger partial charge in [-0.2, -0.15) is 0 Å². The molecule has 0 aliphatic carbocycles. The summed E-state index contributed by atoms with van der Waals surface area (Å²) in [5.41, 5.74) is 5.53. The van der Waals surface area contributed by atoms with Gasteiger partial charge in [0.2, 0.25) is 0 Å². The molecule has 6 aromatic carbocycles. The van der Waals surface area contributed by atoms with Crippen molar-refractivity contribution in [3.05, 3.63) is 176 Å². The number of aliphatic hydroxyl groups excluding tert-OH is 1. The average molecular weight is 1200 g/mol. The number of anilines is 3. The van der Waals surface area contributed by atoms with E-state index in [2.05, 4.69) is 47.8 Å². The first kappa shape index (κ1) is 55.6. The highest BCUT2D eigenvalue weighted by Crippen LogP contribution is 2.34. The standard InChI is InChI=1S/2C19H21BrN2O3.C18H19BrN2O3/c2*1-24-13-18(14-4-3-5-17(12-14)25-2)22-11-10-21(19(22)23)16-8-6-15(20)7-9-16;1-24-16-4-2-3-13(11-16)17(12-22)21-10-9-20(18(21)23)15-7-5-14(19)6-8-15/h2*3-9,12,18H,10-11,13H2,1-2H3;2-8,11,17,22H,9-10,12H2,1H3. The fraction of sp³-hybridized carbons (Fsp3) is 0.304. The first-order valence-electron chi connectivity index (χ1n) is 23.9. The zero-order valence-corrected chi connectivity index (χ0v) is 46.7. The molecular formula is C56H61Br3N6O9. The lowest BCUT2D eigenvalue weighted by atomic mass is 10.1. The lowest BCUT2D eigenvalue weighted by Gasteiger charge is -2.28. The van der Waals surface area contributed by atoms with Gasteiger partial charge in [-0.3, -0.25) is 14.7 Å². The molecule has 9 rings (SSSR count). The minimum Gasteiger partial charge on any atom is -0.497 e. The van der Waals surface area contributed by atoms with Gasteiger partial charge in [0.25, 0.3) is 0 Å². The van der Waals surface area contributed by atoms with Gasteiger partial charge >= 0.3 is 18.1 Å². The Morgan fingerprint density at radius 2 is 0.703 bits per heavy atom. The molecule has 0 saturated carbocycles. The molecule has 0 aromatic heterocycles. The largest absolute Gasteiger partial charge is 0.497 e. The molecule has 3 aliphatic rings. The van der Waals surface area contributed by atoms with E-state index in [4.69, 9.17) is 23.7 Å². The molecule has 3 atom stereocenters. The van der Waals surface area contributed by atoms with E-state index >= 15 is 0 Å². The number of carbonyl (C=O) groups excluding carboxylic acids is 3. The zero-order chi connectivity index (χ0) is 52.7. The maximum atomic E-state index is 13.0. The van der Waals surface area contributed by atoms with Gasteiger partial charge in [0.1, 0.15) is 17.2 Å². The van der Waals surface area contributed by atoms with Crippen LogP contribution in [0.1, 0.15) is 34.8 Å². The molecule has 6 amide bonds. The molecule has 0 spiro atoms. The maximum absolute atomic E-state index is 13.0. The minimum atomic E-state index is -0.381. The number of halogens is 3. The number of amides is 6. The van der Waals surface area contributed by atoms with Crippen molar-refractivity contribution in [2.24, 2.45) is 0 Å². The van der Waals surface area contributed by atoms with E-state index in [-0.39, 0.29) is 42.8 Å². The van der Waals surface area contributed by atoms with Crippen LogP contribution in [0.15, 0.2) is 159 Å². The Kier molecular flexibility index (Phi) is 20.2. The summed E-state index contributed by atoms with van der Waals surface area (Å²) in [5.74, 6) is 2.26. The van der Waals surface area contributed by atoms with Crippen molar-refractivity contribution in [2.75, 3.05) is 109 Å². The van der Waals surface area contributed by atoms with Crippen LogP contribution in [-0.4, -0.2) is 133 Å². The molecule has 3 unspecified atom stereocenters. The molecule has 3 aliphatic heterocycles. The Morgan fingerprint density at radius 3 is 0.973 bits per heavy atom. The molecule has 390 valence electrons. The molecule has 3 fully saturated rings. The van der Waals surface area contributed by atoms with Crippen molar-refractivity contribution in [1.82, 2.24) is 14.7 Å². The zero-order valence-electron chi connectivity index (χ0n) is 42.0. The van der Waals surface area contributed by atoms with Crippen molar-refractivity contribution < 1.29 is 43.2 Å². The van der Waals surface area contributed by atoms with Crippen LogP contribution in [0.4, 0.5) is 31.4 Å². The lowest BCUT2D eigenvalue weighted by Crippen LogP contribution is -2.36. The van der Waals surface area contributed by atoms with Gasteiger partial charge in [-0.15, -0.1) is 0 Å². The van der Waals surface area contributed by atoms with Crippen molar-refractivity contribution in [1.29, 1.82) is 0 Å². The average Bonchev–Trinajstić information content (AvgIpc) is 4.13. The number of aliphatic hydroxyl groups is 1. The Hall–Kier alpha value is -6.15. The van der Waals surface area contributed by atoms with Crippen LogP contribution in [0, 0.1) is 0 Å². The van der Waals surface area contributed by atoms with Gasteiger partial charge in [-0.1, -0.05) is 84.2 Å². The Labute approximate surface area is 458 Å². The summed E-state index contributed by atoms with van der Waals surface area (Å²) >= 11 is 10.3. The van der Waals surface area contributed by atoms with Gasteiger partial charge < -0.3 is 43.5 Å². The van der Waals surface area contributed by atoms with E-state index < -0.39 is 0 Å². The molecule has 6 aromatic rings. The number of hydrogen-bond donors (Lipinski definition) is 1. The number of urea groups is 3. The highest BCUT2D eigenvalue weighted by Gasteiger charge is 2.38. The molecule has 74 heavy (non-hydrogen) atoms. The molecular weight excluding hydrogens is 1140 g/mol. The van der Waals surface area contributed by atoms with Crippen molar-refractivity contribution in [3.63, 3.8) is 0 Å². The van der Waals surface area contributed by atoms with Crippen LogP contribution in [0.3, 0.4) is 0 Å². The first-order chi connectivity index (χ1) is 35.9. The van der Waals surface area contributed by atoms with Gasteiger partial charge in [0.05, 0.1) is 59.3 Å². The molecule has 18 heteroatoms. The summed E-state index contributed by atoms with van der Waals surface area (Å²) in [6.45, 7) is 4.53. The lowest BCUT2D eigenvalue weighted by molar-refractivity contribution is 0.116. The normalized spacial score (nSPS) is 15.6. The number of benzene rings is 6. The predicted molar refractivity (Wildman–Crippen MR) is 299 cm³/mol. The second kappa shape index (κ2) is 26.9. The van der Waals surface area contributed by atoms with Gasteiger partial charge in [0.15, 0.2) is 0 Å².